The third kappa shape index (κ3) is 3.96. The highest BCUT2D eigenvalue weighted by molar-refractivity contribution is 9.10. The molecule has 3 rings (SSSR count). The maximum atomic E-state index is 13.1. The Kier molecular flexibility index (Phi) is 5.15. The van der Waals surface area contributed by atoms with Crippen molar-refractivity contribution in [1.82, 2.24) is 19.6 Å². The second-order valence-electron chi connectivity index (χ2n) is 6.28. The third-order valence-corrected chi connectivity index (χ3v) is 4.68. The number of anilines is 1. The highest BCUT2D eigenvalue weighted by Gasteiger charge is 2.31. The predicted octanol–water partition coefficient (Wildman–Crippen LogP) is 4.06. The van der Waals surface area contributed by atoms with Crippen LogP contribution >= 0.6 is 27.5 Å². The van der Waals surface area contributed by atoms with E-state index in [1.807, 2.05) is 0 Å². The van der Waals surface area contributed by atoms with Gasteiger partial charge in [0, 0.05) is 17.4 Å². The van der Waals surface area contributed by atoms with Gasteiger partial charge in [-0.05, 0) is 47.5 Å². The molecule has 1 N–H and O–H groups in total. The molecule has 1 amide bonds. The Morgan fingerprint density at radius 2 is 2.08 bits per heavy atom. The van der Waals surface area contributed by atoms with Crippen molar-refractivity contribution in [2.45, 2.75) is 25.9 Å². The molecule has 0 fully saturated rings. The molecule has 0 atom stereocenters. The topological polar surface area (TPSA) is 64.7 Å². The molecular formula is C17H16BrClFN5O. The summed E-state index contributed by atoms with van der Waals surface area (Å²) in [4.78, 5) is 12.6. The second-order valence-corrected chi connectivity index (χ2v) is 7.60. The van der Waals surface area contributed by atoms with Gasteiger partial charge in [-0.3, -0.25) is 14.2 Å². The minimum atomic E-state index is -0.881. The van der Waals surface area contributed by atoms with E-state index >= 15 is 0 Å². The number of nitrogens with zero attached hydrogens (tertiary/aromatic N) is 4. The molecule has 0 saturated heterocycles. The largest absolute Gasteiger partial charge is 0.321 e. The third-order valence-electron chi connectivity index (χ3n) is 3.92. The monoisotopic (exact) mass is 439 g/mol. The zero-order chi connectivity index (χ0) is 18.9. The standard InChI is InChI=1S/C17H16BrClFN5O/c1-17(2,25-9-12(18)6-22-25)16(26)23-14-7-21-24(10-14)8-11-3-4-13(20)5-15(11)19/h3-7,9-10H,8H2,1-2H3,(H,23,26). The van der Waals surface area contributed by atoms with Crippen molar-refractivity contribution in [1.29, 1.82) is 0 Å². The summed E-state index contributed by atoms with van der Waals surface area (Å²) in [7, 11) is 0. The number of carbonyl (C=O) groups is 1. The lowest BCUT2D eigenvalue weighted by atomic mass is 10.1. The van der Waals surface area contributed by atoms with Crippen molar-refractivity contribution < 1.29 is 9.18 Å². The van der Waals surface area contributed by atoms with Gasteiger partial charge in [-0.25, -0.2) is 4.39 Å². The summed E-state index contributed by atoms with van der Waals surface area (Å²) in [6.07, 6.45) is 6.59. The Hall–Kier alpha value is -2.19. The van der Waals surface area contributed by atoms with Crippen LogP contribution in [0.5, 0.6) is 0 Å². The highest BCUT2D eigenvalue weighted by atomic mass is 79.9. The predicted molar refractivity (Wildman–Crippen MR) is 101 cm³/mol. The van der Waals surface area contributed by atoms with Crippen LogP contribution in [0.3, 0.4) is 0 Å². The van der Waals surface area contributed by atoms with Crippen molar-refractivity contribution in [3.8, 4) is 0 Å². The molecule has 0 bridgehead atoms. The molecule has 3 aromatic rings. The van der Waals surface area contributed by atoms with Crippen molar-refractivity contribution in [2.24, 2.45) is 0 Å². The minimum Gasteiger partial charge on any atom is -0.321 e. The van der Waals surface area contributed by atoms with E-state index in [0.29, 0.717) is 17.3 Å². The maximum Gasteiger partial charge on any atom is 0.251 e. The number of nitrogens with one attached hydrogen (secondary N) is 1. The Balaban J connectivity index is 1.71. The van der Waals surface area contributed by atoms with E-state index < -0.39 is 5.54 Å². The van der Waals surface area contributed by atoms with E-state index in [-0.39, 0.29) is 11.7 Å². The van der Waals surface area contributed by atoms with Gasteiger partial charge in [-0.1, -0.05) is 17.7 Å². The highest BCUT2D eigenvalue weighted by Crippen LogP contribution is 2.21. The summed E-state index contributed by atoms with van der Waals surface area (Å²) >= 11 is 9.36. The van der Waals surface area contributed by atoms with Gasteiger partial charge in [0.25, 0.3) is 5.91 Å². The van der Waals surface area contributed by atoms with Gasteiger partial charge in [0.1, 0.15) is 11.4 Å². The second kappa shape index (κ2) is 7.20. The summed E-state index contributed by atoms with van der Waals surface area (Å²) < 4.78 is 17.1. The van der Waals surface area contributed by atoms with Crippen molar-refractivity contribution in [3.05, 3.63) is 63.9 Å². The van der Waals surface area contributed by atoms with Crippen LogP contribution in [0.1, 0.15) is 19.4 Å². The lowest BCUT2D eigenvalue weighted by molar-refractivity contribution is -0.123. The molecule has 9 heteroatoms. The summed E-state index contributed by atoms with van der Waals surface area (Å²) in [5.74, 6) is -0.618. The van der Waals surface area contributed by atoms with Crippen LogP contribution < -0.4 is 5.32 Å². The molecule has 1 aromatic carbocycles. The minimum absolute atomic E-state index is 0.229. The van der Waals surface area contributed by atoms with Gasteiger partial charge in [-0.15, -0.1) is 0 Å². The fourth-order valence-electron chi connectivity index (χ4n) is 2.33. The van der Waals surface area contributed by atoms with Crippen molar-refractivity contribution in [2.75, 3.05) is 5.32 Å². The average Bonchev–Trinajstić information content (AvgIpc) is 3.19. The van der Waals surface area contributed by atoms with E-state index in [1.54, 1.807) is 54.1 Å². The maximum absolute atomic E-state index is 13.1. The van der Waals surface area contributed by atoms with Crippen molar-refractivity contribution in [3.63, 3.8) is 0 Å². The van der Waals surface area contributed by atoms with Gasteiger partial charge in [0.05, 0.1) is 29.1 Å². The van der Waals surface area contributed by atoms with Crippen LogP contribution in [-0.2, 0) is 16.9 Å². The molecule has 6 nitrogen and oxygen atoms in total. The van der Waals surface area contributed by atoms with Crippen LogP contribution in [0.4, 0.5) is 10.1 Å². The molecule has 136 valence electrons. The van der Waals surface area contributed by atoms with E-state index in [9.17, 15) is 9.18 Å². The Labute approximate surface area is 163 Å². The van der Waals surface area contributed by atoms with Crippen LogP contribution in [0, 0.1) is 5.82 Å². The lowest BCUT2D eigenvalue weighted by Gasteiger charge is -2.23. The smallest absolute Gasteiger partial charge is 0.251 e. The van der Waals surface area contributed by atoms with Crippen LogP contribution in [0.2, 0.25) is 5.02 Å². The van der Waals surface area contributed by atoms with Crippen LogP contribution in [-0.4, -0.2) is 25.5 Å². The summed E-state index contributed by atoms with van der Waals surface area (Å²) in [6.45, 7) is 3.90. The molecule has 0 spiro atoms. The fourth-order valence-corrected chi connectivity index (χ4v) is 2.85. The van der Waals surface area contributed by atoms with Crippen molar-refractivity contribution >= 4 is 39.1 Å². The molecule has 0 aliphatic rings. The summed E-state index contributed by atoms with van der Waals surface area (Å²) in [5, 5.41) is 11.5. The summed E-state index contributed by atoms with van der Waals surface area (Å²) in [6, 6.07) is 4.21. The zero-order valence-electron chi connectivity index (χ0n) is 14.1. The van der Waals surface area contributed by atoms with E-state index in [0.717, 1.165) is 10.0 Å². The molecular weight excluding hydrogens is 425 g/mol. The van der Waals surface area contributed by atoms with Gasteiger partial charge in [0.15, 0.2) is 0 Å². The van der Waals surface area contributed by atoms with Gasteiger partial charge >= 0.3 is 0 Å². The summed E-state index contributed by atoms with van der Waals surface area (Å²) in [5.41, 5.74) is 0.400. The number of aromatic nitrogens is 4. The molecule has 0 aliphatic heterocycles. The van der Waals surface area contributed by atoms with Gasteiger partial charge < -0.3 is 5.32 Å². The van der Waals surface area contributed by atoms with E-state index in [2.05, 4.69) is 31.4 Å². The SMILES string of the molecule is CC(C)(C(=O)Nc1cnn(Cc2ccc(F)cc2Cl)c1)n1cc(Br)cn1. The first-order valence-corrected chi connectivity index (χ1v) is 8.91. The average molecular weight is 441 g/mol. The molecule has 0 unspecified atom stereocenters. The number of halogens is 3. The van der Waals surface area contributed by atoms with E-state index in [1.165, 1.54) is 12.1 Å². The molecule has 2 heterocycles. The molecule has 0 radical (unpaired) electrons. The van der Waals surface area contributed by atoms with Gasteiger partial charge in [0.2, 0.25) is 0 Å². The molecule has 26 heavy (non-hydrogen) atoms. The van der Waals surface area contributed by atoms with Crippen LogP contribution in [0.15, 0.2) is 47.5 Å². The first-order valence-electron chi connectivity index (χ1n) is 7.74. The fraction of sp³-hybridized carbons (Fsp3) is 0.235. The lowest BCUT2D eigenvalue weighted by Crippen LogP contribution is -2.40. The number of hydrogen-bond acceptors (Lipinski definition) is 3. The number of carbonyl (C=O) groups excluding carboxylic acids is 1. The number of hydrogen-bond donors (Lipinski definition) is 1. The van der Waals surface area contributed by atoms with E-state index in [4.69, 9.17) is 11.6 Å². The first kappa shape index (κ1) is 18.6. The van der Waals surface area contributed by atoms with Gasteiger partial charge in [-0.2, -0.15) is 10.2 Å². The zero-order valence-corrected chi connectivity index (χ0v) is 16.4. The Morgan fingerprint density at radius 1 is 1.31 bits per heavy atom. The molecule has 0 aliphatic carbocycles. The first-order chi connectivity index (χ1) is 12.3. The number of benzene rings is 1. The molecule has 0 saturated carbocycles. The quantitative estimate of drug-likeness (QED) is 0.651. The normalized spacial score (nSPS) is 11.6. The number of rotatable bonds is 5. The molecule has 2 aromatic heterocycles. The Morgan fingerprint density at radius 3 is 2.73 bits per heavy atom. The number of amides is 1. The van der Waals surface area contributed by atoms with Crippen LogP contribution in [0.25, 0.3) is 0 Å². The Bertz CT molecular complexity index is 952.